The van der Waals surface area contributed by atoms with Crippen molar-refractivity contribution >= 4 is 16.9 Å². The monoisotopic (exact) mass is 232 g/mol. The molecule has 5 nitrogen and oxygen atoms in total. The summed E-state index contributed by atoms with van der Waals surface area (Å²) in [6.07, 6.45) is 2.24. The van der Waals surface area contributed by atoms with Crippen LogP contribution in [0.5, 0.6) is 0 Å². The van der Waals surface area contributed by atoms with Gasteiger partial charge in [-0.25, -0.2) is 4.98 Å². The molecule has 0 spiro atoms. The van der Waals surface area contributed by atoms with Gasteiger partial charge < -0.3 is 16.0 Å². The molecule has 4 N–H and O–H groups in total. The molecule has 90 valence electrons. The van der Waals surface area contributed by atoms with E-state index in [9.17, 15) is 4.79 Å². The van der Waals surface area contributed by atoms with E-state index in [1.807, 2.05) is 28.8 Å². The first kappa shape index (κ1) is 11.6. The Labute approximate surface area is 99.4 Å². The Morgan fingerprint density at radius 3 is 2.88 bits per heavy atom. The van der Waals surface area contributed by atoms with Crippen molar-refractivity contribution in [3.63, 3.8) is 0 Å². The third-order valence-electron chi connectivity index (χ3n) is 2.96. The van der Waals surface area contributed by atoms with Crippen molar-refractivity contribution in [2.45, 2.75) is 25.4 Å². The molecule has 1 atom stereocenters. The molecule has 0 saturated heterocycles. The number of carbonyl (C=O) groups excluding carboxylic acids is 1. The maximum Gasteiger partial charge on any atom is 0.237 e. The summed E-state index contributed by atoms with van der Waals surface area (Å²) in [5.41, 5.74) is 12.0. The van der Waals surface area contributed by atoms with E-state index in [0.717, 1.165) is 11.0 Å². The summed E-state index contributed by atoms with van der Waals surface area (Å²) < 4.78 is 1.98. The van der Waals surface area contributed by atoms with Crippen LogP contribution in [0.25, 0.3) is 11.0 Å². The lowest BCUT2D eigenvalue weighted by Gasteiger charge is -2.20. The normalized spacial score (nSPS) is 14.7. The molecule has 1 aromatic carbocycles. The van der Waals surface area contributed by atoms with Crippen molar-refractivity contribution in [2.75, 3.05) is 0 Å². The molecule has 1 aromatic heterocycles. The van der Waals surface area contributed by atoms with Gasteiger partial charge in [0.25, 0.3) is 0 Å². The number of imidazole rings is 1. The van der Waals surface area contributed by atoms with Crippen molar-refractivity contribution < 1.29 is 4.79 Å². The highest BCUT2D eigenvalue weighted by Crippen LogP contribution is 2.14. The minimum absolute atomic E-state index is 0.484. The zero-order valence-electron chi connectivity index (χ0n) is 9.76. The number of amides is 1. The molecule has 0 aliphatic heterocycles. The zero-order chi connectivity index (χ0) is 12.5. The van der Waals surface area contributed by atoms with Crippen molar-refractivity contribution in [3.05, 3.63) is 30.6 Å². The standard InChI is InChI=1S/C12H16N4O/c1-12(14,11(13)17)6-7-16-8-15-9-4-2-3-5-10(9)16/h2-5,8H,6-7,14H2,1H3,(H2,13,17). The molecule has 1 unspecified atom stereocenters. The van der Waals surface area contributed by atoms with Crippen LogP contribution in [0, 0.1) is 0 Å². The van der Waals surface area contributed by atoms with Gasteiger partial charge in [-0.1, -0.05) is 12.1 Å². The van der Waals surface area contributed by atoms with E-state index < -0.39 is 11.4 Å². The number of hydrogen-bond acceptors (Lipinski definition) is 3. The smallest absolute Gasteiger partial charge is 0.237 e. The first-order valence-electron chi connectivity index (χ1n) is 5.49. The Bertz CT molecular complexity index is 544. The van der Waals surface area contributed by atoms with Crippen LogP contribution in [0.1, 0.15) is 13.3 Å². The molecule has 0 saturated carbocycles. The van der Waals surface area contributed by atoms with Crippen LogP contribution >= 0.6 is 0 Å². The van der Waals surface area contributed by atoms with E-state index >= 15 is 0 Å². The average Bonchev–Trinajstić information content (AvgIpc) is 2.69. The van der Waals surface area contributed by atoms with E-state index in [4.69, 9.17) is 11.5 Å². The van der Waals surface area contributed by atoms with E-state index in [-0.39, 0.29) is 0 Å². The molecule has 0 aliphatic rings. The molecule has 2 aromatic rings. The van der Waals surface area contributed by atoms with Gasteiger partial charge in [0.15, 0.2) is 0 Å². The van der Waals surface area contributed by atoms with Crippen LogP contribution in [0.2, 0.25) is 0 Å². The van der Waals surface area contributed by atoms with E-state index in [1.54, 1.807) is 13.3 Å². The molecule has 5 heteroatoms. The molecule has 0 fully saturated rings. The van der Waals surface area contributed by atoms with E-state index in [1.165, 1.54) is 0 Å². The highest BCUT2D eigenvalue weighted by molar-refractivity contribution is 5.83. The van der Waals surface area contributed by atoms with Gasteiger partial charge in [0.2, 0.25) is 5.91 Å². The lowest BCUT2D eigenvalue weighted by molar-refractivity contribution is -0.122. The number of nitrogens with zero attached hydrogens (tertiary/aromatic N) is 2. The number of aromatic nitrogens is 2. The van der Waals surface area contributed by atoms with Gasteiger partial charge in [0.1, 0.15) is 0 Å². The Morgan fingerprint density at radius 1 is 1.47 bits per heavy atom. The minimum atomic E-state index is -0.981. The van der Waals surface area contributed by atoms with Crippen molar-refractivity contribution in [1.82, 2.24) is 9.55 Å². The molecule has 1 heterocycles. The first-order valence-corrected chi connectivity index (χ1v) is 5.49. The summed E-state index contributed by atoms with van der Waals surface area (Å²) >= 11 is 0. The first-order chi connectivity index (χ1) is 8.00. The number of primary amides is 1. The van der Waals surface area contributed by atoms with Gasteiger partial charge in [-0.05, 0) is 25.5 Å². The molecule has 0 aliphatic carbocycles. The number of hydrogen-bond donors (Lipinski definition) is 2. The van der Waals surface area contributed by atoms with Gasteiger partial charge in [0.05, 0.1) is 22.9 Å². The van der Waals surface area contributed by atoms with Crippen LogP contribution in [-0.2, 0) is 11.3 Å². The highest BCUT2D eigenvalue weighted by Gasteiger charge is 2.25. The number of nitrogens with two attached hydrogens (primary N) is 2. The van der Waals surface area contributed by atoms with Crippen LogP contribution in [0.3, 0.4) is 0 Å². The molecular weight excluding hydrogens is 216 g/mol. The Morgan fingerprint density at radius 2 is 2.18 bits per heavy atom. The fraction of sp³-hybridized carbons (Fsp3) is 0.333. The second-order valence-electron chi connectivity index (χ2n) is 4.46. The van der Waals surface area contributed by atoms with Crippen LogP contribution in [0.15, 0.2) is 30.6 Å². The average molecular weight is 232 g/mol. The van der Waals surface area contributed by atoms with Crippen LogP contribution < -0.4 is 11.5 Å². The number of carbonyl (C=O) groups is 1. The molecule has 17 heavy (non-hydrogen) atoms. The van der Waals surface area contributed by atoms with Gasteiger partial charge in [0, 0.05) is 6.54 Å². The highest BCUT2D eigenvalue weighted by atomic mass is 16.1. The van der Waals surface area contributed by atoms with Gasteiger partial charge in [-0.2, -0.15) is 0 Å². The second kappa shape index (κ2) is 4.18. The van der Waals surface area contributed by atoms with Crippen LogP contribution in [-0.4, -0.2) is 21.0 Å². The predicted molar refractivity (Wildman–Crippen MR) is 66.1 cm³/mol. The Kier molecular flexibility index (Phi) is 2.85. The zero-order valence-corrected chi connectivity index (χ0v) is 9.76. The summed E-state index contributed by atoms with van der Waals surface area (Å²) in [4.78, 5) is 15.4. The van der Waals surface area contributed by atoms with Gasteiger partial charge in [-0.3, -0.25) is 4.79 Å². The summed E-state index contributed by atoms with van der Waals surface area (Å²) in [5, 5.41) is 0. The fourth-order valence-corrected chi connectivity index (χ4v) is 1.66. The summed E-state index contributed by atoms with van der Waals surface area (Å²) in [6.45, 7) is 2.27. The SMILES string of the molecule is CC(N)(CCn1cnc2ccccc21)C(N)=O. The summed E-state index contributed by atoms with van der Waals surface area (Å²) in [6, 6.07) is 7.83. The lowest BCUT2D eigenvalue weighted by Crippen LogP contribution is -2.49. The Hall–Kier alpha value is -1.88. The van der Waals surface area contributed by atoms with Crippen molar-refractivity contribution in [1.29, 1.82) is 0 Å². The second-order valence-corrected chi connectivity index (χ2v) is 4.46. The maximum absolute atomic E-state index is 11.1. The number of benzene rings is 1. The lowest BCUT2D eigenvalue weighted by atomic mass is 9.99. The summed E-state index contributed by atoms with van der Waals surface area (Å²) in [5.74, 6) is -0.484. The van der Waals surface area contributed by atoms with Gasteiger partial charge in [-0.15, -0.1) is 0 Å². The topological polar surface area (TPSA) is 86.9 Å². The number of para-hydroxylation sites is 2. The third-order valence-corrected chi connectivity index (χ3v) is 2.96. The molecular formula is C12H16N4O. The van der Waals surface area contributed by atoms with E-state index in [2.05, 4.69) is 4.98 Å². The largest absolute Gasteiger partial charge is 0.368 e. The number of rotatable bonds is 4. The summed E-state index contributed by atoms with van der Waals surface area (Å²) in [7, 11) is 0. The number of aryl methyl sites for hydroxylation is 1. The maximum atomic E-state index is 11.1. The Balaban J connectivity index is 2.17. The molecule has 2 rings (SSSR count). The van der Waals surface area contributed by atoms with Gasteiger partial charge >= 0.3 is 0 Å². The van der Waals surface area contributed by atoms with Crippen LogP contribution in [0.4, 0.5) is 0 Å². The number of fused-ring (bicyclic) bond motifs is 1. The molecule has 1 amide bonds. The van der Waals surface area contributed by atoms with E-state index in [0.29, 0.717) is 13.0 Å². The molecule has 0 bridgehead atoms. The van der Waals surface area contributed by atoms with Crippen molar-refractivity contribution in [3.8, 4) is 0 Å². The van der Waals surface area contributed by atoms with Crippen molar-refractivity contribution in [2.24, 2.45) is 11.5 Å². The molecule has 0 radical (unpaired) electrons. The predicted octanol–water partition coefficient (Wildman–Crippen LogP) is 0.629. The third kappa shape index (κ3) is 2.29. The minimum Gasteiger partial charge on any atom is -0.368 e. The quantitative estimate of drug-likeness (QED) is 0.810. The fourth-order valence-electron chi connectivity index (χ4n) is 1.66.